The summed E-state index contributed by atoms with van der Waals surface area (Å²) in [7, 11) is 0. The van der Waals surface area contributed by atoms with Crippen molar-refractivity contribution in [1.82, 2.24) is 10.3 Å². The molecule has 0 atom stereocenters. The summed E-state index contributed by atoms with van der Waals surface area (Å²) in [6, 6.07) is 3.17. The summed E-state index contributed by atoms with van der Waals surface area (Å²) >= 11 is 0. The molecule has 2 amide bonds. The number of carbonyl (C=O) groups excluding carboxylic acids is 2. The van der Waals surface area contributed by atoms with Crippen LogP contribution in [-0.4, -0.2) is 23.3 Å². The van der Waals surface area contributed by atoms with Gasteiger partial charge in [0.05, 0.1) is 6.54 Å². The van der Waals surface area contributed by atoms with E-state index in [4.69, 9.17) is 11.6 Å². The number of anilines is 1. The van der Waals surface area contributed by atoms with Crippen LogP contribution in [0.25, 0.3) is 0 Å². The number of nitrogens with zero attached hydrogens (tertiary/aromatic N) is 1. The molecule has 104 valence electrons. The quantitative estimate of drug-likeness (QED) is 0.446. The Morgan fingerprint density at radius 2 is 1.95 bits per heavy atom. The average Bonchev–Trinajstić information content (AvgIpc) is 2.34. The van der Waals surface area contributed by atoms with Crippen LogP contribution in [-0.2, 0) is 10.2 Å². The van der Waals surface area contributed by atoms with Crippen LogP contribution in [0.4, 0.5) is 5.82 Å². The zero-order valence-electron chi connectivity index (χ0n) is 11.3. The second-order valence-electron chi connectivity index (χ2n) is 5.17. The Morgan fingerprint density at radius 1 is 1.32 bits per heavy atom. The van der Waals surface area contributed by atoms with Crippen LogP contribution in [0.5, 0.6) is 0 Å². The molecule has 6 N–H and O–H groups in total. The van der Waals surface area contributed by atoms with Crippen molar-refractivity contribution in [3.8, 4) is 0 Å². The standard InChI is InChI=1S/C12H19N5O2/c1-12(2,3)8-4-7(5-10(16-8)17-14)11(19)15-6-9(13)18/h4-5H,6,14H2,1-3H3,(H2,13,18)(H,15,19)(H,16,17). The number of carbonyl (C=O) groups is 2. The normalized spacial score (nSPS) is 10.9. The minimum Gasteiger partial charge on any atom is -0.368 e. The Morgan fingerprint density at radius 3 is 2.42 bits per heavy atom. The lowest BCUT2D eigenvalue weighted by Gasteiger charge is -2.19. The molecule has 0 aromatic carbocycles. The van der Waals surface area contributed by atoms with Crippen LogP contribution in [0, 0.1) is 0 Å². The fourth-order valence-corrected chi connectivity index (χ4v) is 1.39. The number of hydrogen-bond acceptors (Lipinski definition) is 5. The molecule has 0 saturated heterocycles. The molecule has 7 nitrogen and oxygen atoms in total. The van der Waals surface area contributed by atoms with E-state index >= 15 is 0 Å². The van der Waals surface area contributed by atoms with Crippen molar-refractivity contribution in [2.75, 3.05) is 12.0 Å². The van der Waals surface area contributed by atoms with Gasteiger partial charge in [-0.25, -0.2) is 10.8 Å². The monoisotopic (exact) mass is 265 g/mol. The Balaban J connectivity index is 3.06. The van der Waals surface area contributed by atoms with Gasteiger partial charge >= 0.3 is 0 Å². The maximum Gasteiger partial charge on any atom is 0.251 e. The van der Waals surface area contributed by atoms with E-state index in [1.807, 2.05) is 20.8 Å². The Kier molecular flexibility index (Phi) is 4.44. The van der Waals surface area contributed by atoms with E-state index in [0.29, 0.717) is 17.1 Å². The summed E-state index contributed by atoms with van der Waals surface area (Å²) in [6.45, 7) is 5.71. The summed E-state index contributed by atoms with van der Waals surface area (Å²) in [6.07, 6.45) is 0. The van der Waals surface area contributed by atoms with Crippen molar-refractivity contribution in [1.29, 1.82) is 0 Å². The first kappa shape index (κ1) is 14.9. The molecule has 1 aromatic heterocycles. The number of hydrazine groups is 1. The average molecular weight is 265 g/mol. The first-order valence-corrected chi connectivity index (χ1v) is 5.79. The summed E-state index contributed by atoms with van der Waals surface area (Å²) in [5.74, 6) is 4.72. The van der Waals surface area contributed by atoms with Crippen LogP contribution < -0.4 is 22.3 Å². The summed E-state index contributed by atoms with van der Waals surface area (Å²) in [4.78, 5) is 26.8. The lowest BCUT2D eigenvalue weighted by Crippen LogP contribution is -2.33. The molecule has 0 saturated carbocycles. The van der Waals surface area contributed by atoms with Gasteiger partial charge in [0.15, 0.2) is 0 Å². The summed E-state index contributed by atoms with van der Waals surface area (Å²) in [5.41, 5.74) is 8.25. The summed E-state index contributed by atoms with van der Waals surface area (Å²) in [5, 5.41) is 2.42. The lowest BCUT2D eigenvalue weighted by molar-refractivity contribution is -0.117. The van der Waals surface area contributed by atoms with E-state index in [-0.39, 0.29) is 12.0 Å². The number of nitrogen functional groups attached to an aromatic ring is 1. The highest BCUT2D eigenvalue weighted by atomic mass is 16.2. The fourth-order valence-electron chi connectivity index (χ4n) is 1.39. The first-order chi connectivity index (χ1) is 8.74. The van der Waals surface area contributed by atoms with Crippen molar-refractivity contribution >= 4 is 17.6 Å². The third-order valence-electron chi connectivity index (χ3n) is 2.43. The van der Waals surface area contributed by atoms with Crippen LogP contribution in [0.15, 0.2) is 12.1 Å². The van der Waals surface area contributed by atoms with Gasteiger partial charge in [-0.15, -0.1) is 0 Å². The third-order valence-corrected chi connectivity index (χ3v) is 2.43. The highest BCUT2D eigenvalue weighted by Crippen LogP contribution is 2.23. The molecule has 0 aliphatic heterocycles. The van der Waals surface area contributed by atoms with E-state index in [2.05, 4.69) is 15.7 Å². The van der Waals surface area contributed by atoms with E-state index < -0.39 is 11.8 Å². The number of amides is 2. The molecule has 0 radical (unpaired) electrons. The van der Waals surface area contributed by atoms with Crippen molar-refractivity contribution in [3.05, 3.63) is 23.4 Å². The minimum atomic E-state index is -0.601. The molecule has 0 aliphatic carbocycles. The van der Waals surface area contributed by atoms with Crippen molar-refractivity contribution < 1.29 is 9.59 Å². The summed E-state index contributed by atoms with van der Waals surface area (Å²) < 4.78 is 0. The first-order valence-electron chi connectivity index (χ1n) is 5.79. The topological polar surface area (TPSA) is 123 Å². The van der Waals surface area contributed by atoms with Crippen molar-refractivity contribution in [2.24, 2.45) is 11.6 Å². The number of primary amides is 1. The van der Waals surface area contributed by atoms with E-state index in [9.17, 15) is 9.59 Å². The maximum absolute atomic E-state index is 11.9. The van der Waals surface area contributed by atoms with Gasteiger partial charge in [-0.3, -0.25) is 9.59 Å². The predicted octanol–water partition coefficient (Wildman–Crippen LogP) is -0.120. The predicted molar refractivity (Wildman–Crippen MR) is 72.3 cm³/mol. The fraction of sp³-hybridized carbons (Fsp3) is 0.417. The molecule has 1 rings (SSSR count). The van der Waals surface area contributed by atoms with Gasteiger partial charge in [0, 0.05) is 16.7 Å². The maximum atomic E-state index is 11.9. The second-order valence-corrected chi connectivity index (χ2v) is 5.17. The Hall–Kier alpha value is -2.15. The third kappa shape index (κ3) is 4.22. The molecule has 0 fully saturated rings. The molecule has 0 unspecified atom stereocenters. The van der Waals surface area contributed by atoms with E-state index in [0.717, 1.165) is 0 Å². The van der Waals surface area contributed by atoms with Gasteiger partial charge in [0.2, 0.25) is 5.91 Å². The van der Waals surface area contributed by atoms with Crippen molar-refractivity contribution in [3.63, 3.8) is 0 Å². The zero-order valence-corrected chi connectivity index (χ0v) is 11.3. The van der Waals surface area contributed by atoms with Crippen LogP contribution in [0.1, 0.15) is 36.8 Å². The van der Waals surface area contributed by atoms with Gasteiger partial charge in [-0.2, -0.15) is 0 Å². The number of nitrogens with one attached hydrogen (secondary N) is 2. The number of aromatic nitrogens is 1. The number of rotatable bonds is 4. The highest BCUT2D eigenvalue weighted by Gasteiger charge is 2.19. The smallest absolute Gasteiger partial charge is 0.251 e. The van der Waals surface area contributed by atoms with Gasteiger partial charge < -0.3 is 16.5 Å². The SMILES string of the molecule is CC(C)(C)c1cc(C(=O)NCC(N)=O)cc(NN)n1. The second kappa shape index (κ2) is 5.66. The molecular weight excluding hydrogens is 246 g/mol. The van der Waals surface area contributed by atoms with E-state index in [1.165, 1.54) is 6.07 Å². The zero-order chi connectivity index (χ0) is 14.6. The van der Waals surface area contributed by atoms with Gasteiger partial charge in [-0.05, 0) is 12.1 Å². The molecule has 19 heavy (non-hydrogen) atoms. The minimum absolute atomic E-state index is 0.211. The van der Waals surface area contributed by atoms with Crippen LogP contribution in [0.2, 0.25) is 0 Å². The van der Waals surface area contributed by atoms with Gasteiger partial charge in [0.25, 0.3) is 5.91 Å². The molecule has 0 aliphatic rings. The van der Waals surface area contributed by atoms with Crippen LogP contribution in [0.3, 0.4) is 0 Å². The molecule has 1 aromatic rings. The number of pyridine rings is 1. The number of hydrogen-bond donors (Lipinski definition) is 4. The molecule has 0 bridgehead atoms. The Labute approximate surface area is 111 Å². The molecule has 7 heteroatoms. The molecule has 1 heterocycles. The molecular formula is C12H19N5O2. The van der Waals surface area contributed by atoms with E-state index in [1.54, 1.807) is 6.07 Å². The molecule has 0 spiro atoms. The largest absolute Gasteiger partial charge is 0.368 e. The highest BCUT2D eigenvalue weighted by molar-refractivity contribution is 5.97. The number of nitrogens with two attached hydrogens (primary N) is 2. The van der Waals surface area contributed by atoms with Gasteiger partial charge in [-0.1, -0.05) is 20.8 Å². The van der Waals surface area contributed by atoms with Gasteiger partial charge in [0.1, 0.15) is 5.82 Å². The van der Waals surface area contributed by atoms with Crippen LogP contribution >= 0.6 is 0 Å². The Bertz CT molecular complexity index is 493. The lowest BCUT2D eigenvalue weighted by atomic mass is 9.90. The van der Waals surface area contributed by atoms with Crippen molar-refractivity contribution in [2.45, 2.75) is 26.2 Å².